The van der Waals surface area contributed by atoms with Crippen LogP contribution < -0.4 is 10.2 Å². The molecule has 1 fully saturated rings. The molecule has 0 aromatic carbocycles. The first-order valence-corrected chi connectivity index (χ1v) is 8.48. The van der Waals surface area contributed by atoms with Gasteiger partial charge in [-0.25, -0.2) is 9.50 Å². The lowest BCUT2D eigenvalue weighted by atomic mass is 10.0. The molecule has 0 bridgehead atoms. The fraction of sp³-hybridized carbons (Fsp3) is 0.333. The van der Waals surface area contributed by atoms with Crippen LogP contribution >= 0.6 is 0 Å². The minimum Gasteiger partial charge on any atom is -0.355 e. The minimum atomic E-state index is -0.106. The standard InChI is InChI=1S/C18H20N6O/c1-13-12-16-17(20-8-11-24(16)22-13)23-9-5-14(6-10-23)21-18(25)15-4-2-3-7-19-15/h2-4,7-8,11-12,14H,5-6,9-10H2,1H3,(H,21,25). The van der Waals surface area contributed by atoms with Crippen LogP contribution in [0.2, 0.25) is 0 Å². The maximum absolute atomic E-state index is 12.2. The molecule has 0 radical (unpaired) electrons. The third-order valence-electron chi connectivity index (χ3n) is 4.52. The average molecular weight is 336 g/mol. The first kappa shape index (κ1) is 15.6. The summed E-state index contributed by atoms with van der Waals surface area (Å²) in [4.78, 5) is 23.1. The Bertz CT molecular complexity index is 883. The lowest BCUT2D eigenvalue weighted by Crippen LogP contribution is -2.45. The maximum Gasteiger partial charge on any atom is 0.270 e. The second-order valence-electron chi connectivity index (χ2n) is 6.32. The number of aromatic nitrogens is 4. The van der Waals surface area contributed by atoms with Crippen LogP contribution in [0.5, 0.6) is 0 Å². The van der Waals surface area contributed by atoms with Crippen LogP contribution in [0, 0.1) is 6.92 Å². The molecule has 1 aliphatic heterocycles. The Labute approximate surface area is 145 Å². The van der Waals surface area contributed by atoms with Crippen molar-refractivity contribution in [1.82, 2.24) is 24.9 Å². The molecule has 1 N–H and O–H groups in total. The first-order valence-electron chi connectivity index (χ1n) is 8.48. The Kier molecular flexibility index (Phi) is 4.05. The van der Waals surface area contributed by atoms with Crippen molar-refractivity contribution in [2.75, 3.05) is 18.0 Å². The summed E-state index contributed by atoms with van der Waals surface area (Å²) < 4.78 is 1.87. The van der Waals surface area contributed by atoms with Crippen molar-refractivity contribution in [1.29, 1.82) is 0 Å². The summed E-state index contributed by atoms with van der Waals surface area (Å²) in [5.74, 6) is 0.850. The molecule has 7 heteroatoms. The highest BCUT2D eigenvalue weighted by Gasteiger charge is 2.23. The highest BCUT2D eigenvalue weighted by Crippen LogP contribution is 2.23. The Balaban J connectivity index is 1.42. The maximum atomic E-state index is 12.2. The van der Waals surface area contributed by atoms with E-state index in [0.29, 0.717) is 5.69 Å². The molecule has 1 amide bonds. The number of amides is 1. The molecule has 0 saturated carbocycles. The molecule has 0 unspecified atom stereocenters. The van der Waals surface area contributed by atoms with E-state index >= 15 is 0 Å². The molecule has 0 spiro atoms. The second-order valence-corrected chi connectivity index (χ2v) is 6.32. The number of aryl methyl sites for hydroxylation is 1. The summed E-state index contributed by atoms with van der Waals surface area (Å²) in [5.41, 5.74) is 2.47. The third kappa shape index (κ3) is 3.17. The van der Waals surface area contributed by atoms with Crippen molar-refractivity contribution in [2.24, 2.45) is 0 Å². The Morgan fingerprint density at radius 1 is 1.20 bits per heavy atom. The molecule has 0 aliphatic carbocycles. The van der Waals surface area contributed by atoms with E-state index in [4.69, 9.17) is 0 Å². The highest BCUT2D eigenvalue weighted by atomic mass is 16.1. The van der Waals surface area contributed by atoms with Gasteiger partial charge in [0.1, 0.15) is 11.2 Å². The van der Waals surface area contributed by atoms with Crippen LogP contribution in [0.25, 0.3) is 5.52 Å². The van der Waals surface area contributed by atoms with Crippen molar-refractivity contribution in [3.63, 3.8) is 0 Å². The van der Waals surface area contributed by atoms with Gasteiger partial charge in [0.15, 0.2) is 5.82 Å². The topological polar surface area (TPSA) is 75.4 Å². The molecule has 128 valence electrons. The van der Waals surface area contributed by atoms with Crippen molar-refractivity contribution in [2.45, 2.75) is 25.8 Å². The molecule has 25 heavy (non-hydrogen) atoms. The number of hydrogen-bond donors (Lipinski definition) is 1. The highest BCUT2D eigenvalue weighted by molar-refractivity contribution is 5.92. The zero-order chi connectivity index (χ0) is 17.2. The molecule has 1 saturated heterocycles. The summed E-state index contributed by atoms with van der Waals surface area (Å²) in [6.45, 7) is 3.68. The van der Waals surface area contributed by atoms with E-state index in [-0.39, 0.29) is 11.9 Å². The van der Waals surface area contributed by atoms with E-state index in [9.17, 15) is 4.79 Å². The van der Waals surface area contributed by atoms with Crippen LogP contribution in [0.1, 0.15) is 29.0 Å². The van der Waals surface area contributed by atoms with Gasteiger partial charge in [0, 0.05) is 37.7 Å². The van der Waals surface area contributed by atoms with Gasteiger partial charge in [0.2, 0.25) is 0 Å². The van der Waals surface area contributed by atoms with E-state index in [1.807, 2.05) is 23.7 Å². The average Bonchev–Trinajstić information content (AvgIpc) is 3.03. The Morgan fingerprint density at radius 2 is 2.04 bits per heavy atom. The summed E-state index contributed by atoms with van der Waals surface area (Å²) in [6.07, 6.45) is 7.05. The molecule has 3 aromatic rings. The predicted octanol–water partition coefficient (Wildman–Crippen LogP) is 1.83. The van der Waals surface area contributed by atoms with Crippen LogP contribution in [-0.4, -0.2) is 44.6 Å². The van der Waals surface area contributed by atoms with Gasteiger partial charge in [-0.1, -0.05) is 6.07 Å². The molecule has 1 aliphatic rings. The van der Waals surface area contributed by atoms with E-state index in [1.54, 1.807) is 24.5 Å². The molecule has 4 rings (SSSR count). The van der Waals surface area contributed by atoms with Gasteiger partial charge >= 0.3 is 0 Å². The third-order valence-corrected chi connectivity index (χ3v) is 4.52. The number of nitrogens with one attached hydrogen (secondary N) is 1. The van der Waals surface area contributed by atoms with Crippen LogP contribution in [0.15, 0.2) is 42.9 Å². The number of piperidine rings is 1. The minimum absolute atomic E-state index is 0.106. The zero-order valence-corrected chi connectivity index (χ0v) is 14.1. The molecular weight excluding hydrogens is 316 g/mol. The Hall–Kier alpha value is -2.96. The fourth-order valence-corrected chi connectivity index (χ4v) is 3.27. The van der Waals surface area contributed by atoms with E-state index in [0.717, 1.165) is 43.0 Å². The van der Waals surface area contributed by atoms with Gasteiger partial charge in [-0.15, -0.1) is 0 Å². The quantitative estimate of drug-likeness (QED) is 0.790. The Morgan fingerprint density at radius 3 is 2.80 bits per heavy atom. The van der Waals surface area contributed by atoms with Gasteiger partial charge in [0.05, 0.1) is 5.69 Å². The molecule has 0 atom stereocenters. The second kappa shape index (κ2) is 6.51. The number of hydrogen-bond acceptors (Lipinski definition) is 5. The number of anilines is 1. The van der Waals surface area contributed by atoms with Crippen LogP contribution in [-0.2, 0) is 0 Å². The first-order chi connectivity index (χ1) is 12.2. The van der Waals surface area contributed by atoms with Crippen molar-refractivity contribution in [3.05, 3.63) is 54.2 Å². The molecule has 3 aromatic heterocycles. The van der Waals surface area contributed by atoms with Gasteiger partial charge in [0.25, 0.3) is 5.91 Å². The number of carbonyl (C=O) groups excluding carboxylic acids is 1. The SMILES string of the molecule is Cc1cc2c(N3CCC(NC(=O)c4ccccn4)CC3)nccn2n1. The van der Waals surface area contributed by atoms with E-state index < -0.39 is 0 Å². The number of nitrogens with zero attached hydrogens (tertiary/aromatic N) is 5. The van der Waals surface area contributed by atoms with Crippen molar-refractivity contribution < 1.29 is 4.79 Å². The lowest BCUT2D eigenvalue weighted by Gasteiger charge is -2.33. The van der Waals surface area contributed by atoms with Gasteiger partial charge in [-0.3, -0.25) is 9.78 Å². The van der Waals surface area contributed by atoms with Crippen molar-refractivity contribution >= 4 is 17.2 Å². The zero-order valence-electron chi connectivity index (χ0n) is 14.1. The smallest absolute Gasteiger partial charge is 0.270 e. The molecule has 4 heterocycles. The van der Waals surface area contributed by atoms with Gasteiger partial charge in [-0.05, 0) is 38.0 Å². The summed E-state index contributed by atoms with van der Waals surface area (Å²) in [6, 6.07) is 7.58. The molecular formula is C18H20N6O. The largest absolute Gasteiger partial charge is 0.355 e. The molecule has 7 nitrogen and oxygen atoms in total. The summed E-state index contributed by atoms with van der Waals surface area (Å²) in [5, 5.41) is 7.52. The number of carbonyl (C=O) groups is 1. The van der Waals surface area contributed by atoms with Crippen molar-refractivity contribution in [3.8, 4) is 0 Å². The van der Waals surface area contributed by atoms with Gasteiger partial charge in [-0.2, -0.15) is 5.10 Å². The lowest BCUT2D eigenvalue weighted by molar-refractivity contribution is 0.0926. The van der Waals surface area contributed by atoms with Crippen LogP contribution in [0.4, 0.5) is 5.82 Å². The monoisotopic (exact) mass is 336 g/mol. The normalized spacial score (nSPS) is 15.5. The van der Waals surface area contributed by atoms with Crippen LogP contribution in [0.3, 0.4) is 0 Å². The number of pyridine rings is 1. The predicted molar refractivity (Wildman–Crippen MR) is 94.7 cm³/mol. The number of fused-ring (bicyclic) bond motifs is 1. The number of rotatable bonds is 3. The van der Waals surface area contributed by atoms with E-state index in [1.165, 1.54) is 0 Å². The summed E-state index contributed by atoms with van der Waals surface area (Å²) >= 11 is 0. The van der Waals surface area contributed by atoms with Gasteiger partial charge < -0.3 is 10.2 Å². The summed E-state index contributed by atoms with van der Waals surface area (Å²) in [7, 11) is 0. The fourth-order valence-electron chi connectivity index (χ4n) is 3.27. The van der Waals surface area contributed by atoms with E-state index in [2.05, 4.69) is 31.3 Å².